The molecule has 1 saturated heterocycles. The van der Waals surface area contributed by atoms with E-state index in [1.54, 1.807) is 6.07 Å². The number of rotatable bonds is 9. The Hall–Kier alpha value is -3.17. The van der Waals surface area contributed by atoms with Crippen molar-refractivity contribution >= 4 is 44.0 Å². The Morgan fingerprint density at radius 1 is 1.05 bits per heavy atom. The third-order valence-electron chi connectivity index (χ3n) is 7.00. The van der Waals surface area contributed by atoms with E-state index in [4.69, 9.17) is 20.8 Å². The van der Waals surface area contributed by atoms with Crippen LogP contribution in [0.4, 0.5) is 5.69 Å². The van der Waals surface area contributed by atoms with Crippen molar-refractivity contribution in [1.82, 2.24) is 9.88 Å². The van der Waals surface area contributed by atoms with Crippen LogP contribution in [0.5, 0.6) is 5.88 Å². The maximum absolute atomic E-state index is 12.9. The molecule has 5 rings (SSSR count). The lowest BCUT2D eigenvalue weighted by Gasteiger charge is -2.26. The van der Waals surface area contributed by atoms with E-state index in [9.17, 15) is 13.5 Å². The fourth-order valence-electron chi connectivity index (χ4n) is 4.93. The van der Waals surface area contributed by atoms with Crippen molar-refractivity contribution in [1.29, 1.82) is 0 Å². The second-order valence-corrected chi connectivity index (χ2v) is 12.6. The molecular formula is C31H34ClN3O4S. The molecule has 3 aromatic carbocycles. The Bertz CT molecular complexity index is 1630. The van der Waals surface area contributed by atoms with Crippen LogP contribution in [0.1, 0.15) is 49.8 Å². The van der Waals surface area contributed by atoms with Gasteiger partial charge in [-0.2, -0.15) is 8.42 Å². The number of halogens is 1. The number of aromatic nitrogens is 1. The van der Waals surface area contributed by atoms with Gasteiger partial charge in [0.15, 0.2) is 5.88 Å². The van der Waals surface area contributed by atoms with Gasteiger partial charge in [-0.25, -0.2) is 4.99 Å². The van der Waals surface area contributed by atoms with E-state index in [1.165, 1.54) is 31.4 Å². The van der Waals surface area contributed by atoms with Crippen molar-refractivity contribution in [3.05, 3.63) is 88.4 Å². The number of aromatic amines is 1. The molecule has 0 saturated carbocycles. The summed E-state index contributed by atoms with van der Waals surface area (Å²) in [6, 6.07) is 19.9. The fourth-order valence-corrected chi connectivity index (χ4v) is 6.25. The van der Waals surface area contributed by atoms with E-state index < -0.39 is 10.1 Å². The zero-order valence-corrected chi connectivity index (χ0v) is 24.3. The SMILES string of the molecule is CC(C)COS(=O)(=O)c1ccc2[nH]c(O)c(C(=Nc3ccc(CN4CCCCC4)c(Cl)c3)c3ccccc3)c2c1. The normalized spacial score (nSPS) is 15.2. The van der Waals surface area contributed by atoms with Crippen molar-refractivity contribution in [2.24, 2.45) is 10.9 Å². The Labute approximate surface area is 240 Å². The van der Waals surface area contributed by atoms with E-state index >= 15 is 0 Å². The second-order valence-electron chi connectivity index (χ2n) is 10.6. The van der Waals surface area contributed by atoms with Gasteiger partial charge in [0.25, 0.3) is 10.1 Å². The van der Waals surface area contributed by atoms with Gasteiger partial charge in [0.2, 0.25) is 0 Å². The molecule has 9 heteroatoms. The molecule has 7 nitrogen and oxygen atoms in total. The van der Waals surface area contributed by atoms with Crippen LogP contribution < -0.4 is 0 Å². The molecule has 1 aromatic heterocycles. The van der Waals surface area contributed by atoms with Gasteiger partial charge in [-0.05, 0) is 67.7 Å². The third-order valence-corrected chi connectivity index (χ3v) is 8.63. The van der Waals surface area contributed by atoms with Crippen molar-refractivity contribution in [3.63, 3.8) is 0 Å². The monoisotopic (exact) mass is 579 g/mol. The van der Waals surface area contributed by atoms with Crippen LogP contribution in [0.2, 0.25) is 5.02 Å². The number of likely N-dealkylation sites (tertiary alicyclic amines) is 1. The van der Waals surface area contributed by atoms with Crippen molar-refractivity contribution in [2.75, 3.05) is 19.7 Å². The number of hydrogen-bond acceptors (Lipinski definition) is 6. The van der Waals surface area contributed by atoms with Gasteiger partial charge in [-0.1, -0.05) is 68.3 Å². The van der Waals surface area contributed by atoms with Crippen LogP contribution in [-0.4, -0.2) is 48.8 Å². The first kappa shape index (κ1) is 28.4. The Morgan fingerprint density at radius 3 is 2.50 bits per heavy atom. The smallest absolute Gasteiger partial charge is 0.297 e. The zero-order chi connectivity index (χ0) is 28.3. The Kier molecular flexibility index (Phi) is 8.61. The molecule has 0 amide bonds. The summed E-state index contributed by atoms with van der Waals surface area (Å²) < 4.78 is 31.0. The molecule has 40 heavy (non-hydrogen) atoms. The first-order valence-corrected chi connectivity index (χ1v) is 15.4. The summed E-state index contributed by atoms with van der Waals surface area (Å²) in [5.41, 5.74) is 3.90. The molecule has 1 aliphatic rings. The maximum atomic E-state index is 12.9. The van der Waals surface area contributed by atoms with E-state index in [2.05, 4.69) is 9.88 Å². The third kappa shape index (κ3) is 6.41. The Morgan fingerprint density at radius 2 is 1.80 bits per heavy atom. The number of fused-ring (bicyclic) bond motifs is 1. The molecule has 0 radical (unpaired) electrons. The van der Waals surface area contributed by atoms with Crippen LogP contribution in [0.15, 0.2) is 76.6 Å². The lowest BCUT2D eigenvalue weighted by molar-refractivity contribution is 0.221. The molecule has 4 aromatic rings. The molecule has 1 aliphatic heterocycles. The van der Waals surface area contributed by atoms with E-state index in [1.807, 2.05) is 62.4 Å². The van der Waals surface area contributed by atoms with Gasteiger partial charge >= 0.3 is 0 Å². The van der Waals surface area contributed by atoms with Gasteiger partial charge in [0, 0.05) is 28.0 Å². The number of aliphatic imine (C=N–C) groups is 1. The highest BCUT2D eigenvalue weighted by Gasteiger charge is 2.23. The van der Waals surface area contributed by atoms with Crippen LogP contribution in [0.3, 0.4) is 0 Å². The van der Waals surface area contributed by atoms with Gasteiger partial charge in [-0.3, -0.25) is 9.08 Å². The molecule has 210 valence electrons. The molecular weight excluding hydrogens is 546 g/mol. The number of H-pyrrole nitrogens is 1. The van der Waals surface area contributed by atoms with Gasteiger partial charge in [-0.15, -0.1) is 0 Å². The molecule has 0 atom stereocenters. The summed E-state index contributed by atoms with van der Waals surface area (Å²) in [6.07, 6.45) is 3.70. The number of piperidine rings is 1. The van der Waals surface area contributed by atoms with Crippen molar-refractivity contribution in [2.45, 2.75) is 44.6 Å². The molecule has 2 N–H and O–H groups in total. The lowest BCUT2D eigenvalue weighted by atomic mass is 10.0. The minimum Gasteiger partial charge on any atom is -0.494 e. The largest absolute Gasteiger partial charge is 0.494 e. The van der Waals surface area contributed by atoms with Crippen LogP contribution in [0, 0.1) is 5.92 Å². The topological polar surface area (TPSA) is 95.0 Å². The Balaban J connectivity index is 1.58. The maximum Gasteiger partial charge on any atom is 0.297 e. The second kappa shape index (κ2) is 12.1. The highest BCUT2D eigenvalue weighted by atomic mass is 35.5. The molecule has 1 fully saturated rings. The summed E-state index contributed by atoms with van der Waals surface area (Å²) in [5, 5.41) is 12.2. The van der Waals surface area contributed by atoms with E-state index in [-0.39, 0.29) is 23.3 Å². The van der Waals surface area contributed by atoms with Gasteiger partial charge in [0.05, 0.1) is 28.5 Å². The summed E-state index contributed by atoms with van der Waals surface area (Å²) in [5.74, 6) is -0.0525. The van der Waals surface area contributed by atoms with Crippen LogP contribution in [0.25, 0.3) is 10.9 Å². The minimum absolute atomic E-state index is 0.0124. The van der Waals surface area contributed by atoms with E-state index in [0.717, 1.165) is 30.8 Å². The average Bonchev–Trinajstić information content (AvgIpc) is 3.28. The van der Waals surface area contributed by atoms with Crippen LogP contribution >= 0.6 is 11.6 Å². The fraction of sp³-hybridized carbons (Fsp3) is 0.323. The molecule has 0 aliphatic carbocycles. The summed E-state index contributed by atoms with van der Waals surface area (Å²) in [6.45, 7) is 6.81. The number of benzene rings is 3. The predicted octanol–water partition coefficient (Wildman–Crippen LogP) is 7.04. The van der Waals surface area contributed by atoms with Gasteiger partial charge in [0.1, 0.15) is 0 Å². The molecule has 0 spiro atoms. The number of nitrogens with one attached hydrogen (secondary N) is 1. The zero-order valence-electron chi connectivity index (χ0n) is 22.7. The average molecular weight is 580 g/mol. The summed E-state index contributed by atoms with van der Waals surface area (Å²) in [4.78, 5) is 10.3. The van der Waals surface area contributed by atoms with E-state index in [0.29, 0.717) is 32.9 Å². The predicted molar refractivity (Wildman–Crippen MR) is 160 cm³/mol. The van der Waals surface area contributed by atoms with Crippen molar-refractivity contribution in [3.8, 4) is 5.88 Å². The highest BCUT2D eigenvalue weighted by Crippen LogP contribution is 2.34. The summed E-state index contributed by atoms with van der Waals surface area (Å²) >= 11 is 6.72. The number of nitrogens with zero attached hydrogens (tertiary/aromatic N) is 2. The molecule has 2 heterocycles. The number of aromatic hydroxyl groups is 1. The first-order valence-electron chi connectivity index (χ1n) is 13.6. The highest BCUT2D eigenvalue weighted by molar-refractivity contribution is 7.86. The number of hydrogen-bond donors (Lipinski definition) is 2. The van der Waals surface area contributed by atoms with Crippen molar-refractivity contribution < 1.29 is 17.7 Å². The molecule has 0 unspecified atom stereocenters. The molecule has 0 bridgehead atoms. The quantitative estimate of drug-likeness (QED) is 0.164. The standard InChI is InChI=1S/C31H34ClN3O4S/c1-21(2)20-39-40(37,38)25-13-14-28-26(18-25)29(31(36)34-28)30(22-9-5-3-6-10-22)33-24-12-11-23(27(32)17-24)19-35-15-7-4-8-16-35/h3,5-6,9-14,17-18,21,34,36H,4,7-8,15-16,19-20H2,1-2H3. The lowest BCUT2D eigenvalue weighted by Crippen LogP contribution is -2.29. The van der Waals surface area contributed by atoms with Crippen LogP contribution in [-0.2, 0) is 20.8 Å². The summed E-state index contributed by atoms with van der Waals surface area (Å²) in [7, 11) is -3.98. The van der Waals surface area contributed by atoms with Gasteiger partial charge < -0.3 is 10.1 Å². The first-order chi connectivity index (χ1) is 19.2. The minimum atomic E-state index is -3.98.